The van der Waals surface area contributed by atoms with Gasteiger partial charge in [-0.3, -0.25) is 4.79 Å². The Balaban J connectivity index is 2.26. The SMILES string of the molecule is CC(B1OC(C)(C)C(C)(C)O1)C(C(=O)O)c1ccccc1. The van der Waals surface area contributed by atoms with Crippen LogP contribution >= 0.6 is 0 Å². The van der Waals surface area contributed by atoms with Gasteiger partial charge in [-0.2, -0.15) is 0 Å². The number of carboxylic acid groups (broad SMARTS) is 1. The Morgan fingerprint density at radius 1 is 1.10 bits per heavy atom. The molecule has 114 valence electrons. The number of benzene rings is 1. The van der Waals surface area contributed by atoms with Gasteiger partial charge >= 0.3 is 13.1 Å². The van der Waals surface area contributed by atoms with Gasteiger partial charge in [0.1, 0.15) is 0 Å². The Morgan fingerprint density at radius 2 is 1.57 bits per heavy atom. The van der Waals surface area contributed by atoms with Crippen LogP contribution in [0.4, 0.5) is 0 Å². The molecule has 4 nitrogen and oxygen atoms in total. The smallest absolute Gasteiger partial charge is 0.462 e. The van der Waals surface area contributed by atoms with E-state index in [-0.39, 0.29) is 5.82 Å². The van der Waals surface area contributed by atoms with E-state index in [1.807, 2.05) is 65.0 Å². The van der Waals surface area contributed by atoms with Crippen molar-refractivity contribution in [1.29, 1.82) is 0 Å². The summed E-state index contributed by atoms with van der Waals surface area (Å²) in [5.41, 5.74) is -0.135. The molecule has 1 aromatic carbocycles. The van der Waals surface area contributed by atoms with Crippen LogP contribution in [0.2, 0.25) is 5.82 Å². The van der Waals surface area contributed by atoms with Gasteiger partial charge in [-0.15, -0.1) is 0 Å². The van der Waals surface area contributed by atoms with Crippen molar-refractivity contribution in [3.05, 3.63) is 35.9 Å². The molecule has 1 N–H and O–H groups in total. The molecule has 0 amide bonds. The van der Waals surface area contributed by atoms with Gasteiger partial charge in [0.05, 0.1) is 17.1 Å². The molecule has 0 bridgehead atoms. The van der Waals surface area contributed by atoms with Crippen molar-refractivity contribution in [2.75, 3.05) is 0 Å². The second kappa shape index (κ2) is 5.46. The Labute approximate surface area is 126 Å². The second-order valence-corrected chi connectivity index (χ2v) is 6.71. The fourth-order valence-corrected chi connectivity index (χ4v) is 2.59. The Bertz CT molecular complexity index is 496. The largest absolute Gasteiger partial charge is 0.481 e. The van der Waals surface area contributed by atoms with E-state index in [4.69, 9.17) is 9.31 Å². The molecule has 0 aromatic heterocycles. The summed E-state index contributed by atoms with van der Waals surface area (Å²) in [6, 6.07) is 9.24. The van der Waals surface area contributed by atoms with Crippen LogP contribution in [-0.4, -0.2) is 29.4 Å². The van der Waals surface area contributed by atoms with Gasteiger partial charge in [-0.1, -0.05) is 37.3 Å². The minimum absolute atomic E-state index is 0.286. The van der Waals surface area contributed by atoms with Gasteiger partial charge in [0.25, 0.3) is 0 Å². The third-order valence-corrected chi connectivity index (χ3v) is 4.65. The minimum atomic E-state index is -0.858. The van der Waals surface area contributed by atoms with Crippen LogP contribution in [-0.2, 0) is 14.1 Å². The summed E-state index contributed by atoms with van der Waals surface area (Å²) >= 11 is 0. The highest BCUT2D eigenvalue weighted by atomic mass is 16.7. The molecule has 2 rings (SSSR count). The minimum Gasteiger partial charge on any atom is -0.481 e. The average Bonchev–Trinajstić information content (AvgIpc) is 2.59. The van der Waals surface area contributed by atoms with Crippen LogP contribution in [0.25, 0.3) is 0 Å². The summed E-state index contributed by atoms with van der Waals surface area (Å²) in [7, 11) is -0.531. The summed E-state index contributed by atoms with van der Waals surface area (Å²) in [4.78, 5) is 11.7. The van der Waals surface area contributed by atoms with Crippen molar-refractivity contribution in [2.45, 2.75) is 57.6 Å². The monoisotopic (exact) mass is 290 g/mol. The quantitative estimate of drug-likeness (QED) is 0.864. The van der Waals surface area contributed by atoms with Crippen molar-refractivity contribution in [3.8, 4) is 0 Å². The maximum atomic E-state index is 11.7. The highest BCUT2D eigenvalue weighted by Gasteiger charge is 2.54. The molecular formula is C16H23BO4. The second-order valence-electron chi connectivity index (χ2n) is 6.71. The van der Waals surface area contributed by atoms with E-state index >= 15 is 0 Å². The van der Waals surface area contributed by atoms with Crippen molar-refractivity contribution < 1.29 is 19.2 Å². The van der Waals surface area contributed by atoms with Crippen LogP contribution in [0.1, 0.15) is 46.1 Å². The first-order valence-corrected chi connectivity index (χ1v) is 7.29. The van der Waals surface area contributed by atoms with Crippen LogP contribution < -0.4 is 0 Å². The van der Waals surface area contributed by atoms with Crippen molar-refractivity contribution >= 4 is 13.1 Å². The first-order valence-electron chi connectivity index (χ1n) is 7.29. The normalized spacial score (nSPS) is 22.8. The van der Waals surface area contributed by atoms with Gasteiger partial charge in [-0.05, 0) is 33.3 Å². The Hall–Kier alpha value is -1.33. The number of carbonyl (C=O) groups is 1. The number of aliphatic carboxylic acids is 1. The lowest BCUT2D eigenvalue weighted by atomic mass is 9.64. The van der Waals surface area contributed by atoms with Crippen LogP contribution in [0.3, 0.4) is 0 Å². The standard InChI is InChI=1S/C16H23BO4/c1-11(17-20-15(2,3)16(4,5)21-17)13(14(18)19)12-9-7-6-8-10-12/h6-11,13H,1-5H3,(H,18,19). The summed E-state index contributed by atoms with van der Waals surface area (Å²) in [5.74, 6) is -1.80. The highest BCUT2D eigenvalue weighted by molar-refractivity contribution is 6.48. The van der Waals surface area contributed by atoms with Gasteiger partial charge < -0.3 is 14.4 Å². The third-order valence-electron chi connectivity index (χ3n) is 4.65. The van der Waals surface area contributed by atoms with Crippen molar-refractivity contribution in [3.63, 3.8) is 0 Å². The van der Waals surface area contributed by atoms with Gasteiger partial charge in [0.2, 0.25) is 0 Å². The molecule has 0 aliphatic carbocycles. The molecule has 2 unspecified atom stereocenters. The fraction of sp³-hybridized carbons (Fsp3) is 0.562. The van der Waals surface area contributed by atoms with E-state index in [2.05, 4.69) is 0 Å². The van der Waals surface area contributed by atoms with Crippen LogP contribution in [0.15, 0.2) is 30.3 Å². The molecule has 0 radical (unpaired) electrons. The molecule has 1 heterocycles. The lowest BCUT2D eigenvalue weighted by Gasteiger charge is -2.32. The van der Waals surface area contributed by atoms with Gasteiger partial charge in [0.15, 0.2) is 0 Å². The molecular weight excluding hydrogens is 267 g/mol. The van der Waals surface area contributed by atoms with Gasteiger partial charge in [0, 0.05) is 5.82 Å². The Morgan fingerprint density at radius 3 is 2.00 bits per heavy atom. The van der Waals surface area contributed by atoms with Gasteiger partial charge in [-0.25, -0.2) is 0 Å². The maximum absolute atomic E-state index is 11.7. The molecule has 1 saturated heterocycles. The van der Waals surface area contributed by atoms with Crippen LogP contribution in [0.5, 0.6) is 0 Å². The van der Waals surface area contributed by atoms with Crippen molar-refractivity contribution in [2.24, 2.45) is 0 Å². The predicted octanol–water partition coefficient (Wildman–Crippen LogP) is 3.34. The zero-order chi connectivity index (χ0) is 15.8. The number of hydrogen-bond donors (Lipinski definition) is 1. The average molecular weight is 290 g/mol. The molecule has 1 aliphatic heterocycles. The first-order chi connectivity index (χ1) is 9.66. The fourth-order valence-electron chi connectivity index (χ4n) is 2.59. The summed E-state index contributed by atoms with van der Waals surface area (Å²) in [6.07, 6.45) is 0. The zero-order valence-corrected chi connectivity index (χ0v) is 13.3. The van der Waals surface area contributed by atoms with E-state index in [9.17, 15) is 9.90 Å². The molecule has 1 aliphatic rings. The van der Waals surface area contributed by atoms with E-state index in [0.29, 0.717) is 0 Å². The summed E-state index contributed by atoms with van der Waals surface area (Å²) < 4.78 is 12.0. The number of rotatable bonds is 4. The zero-order valence-electron chi connectivity index (χ0n) is 13.3. The lowest BCUT2D eigenvalue weighted by molar-refractivity contribution is -0.139. The molecule has 0 spiro atoms. The van der Waals surface area contributed by atoms with E-state index in [1.54, 1.807) is 0 Å². The molecule has 1 aromatic rings. The van der Waals surface area contributed by atoms with E-state index in [1.165, 1.54) is 0 Å². The molecule has 1 fully saturated rings. The number of carboxylic acids is 1. The number of hydrogen-bond acceptors (Lipinski definition) is 3. The molecule has 2 atom stereocenters. The summed E-state index contributed by atoms with van der Waals surface area (Å²) in [5, 5.41) is 9.61. The van der Waals surface area contributed by atoms with E-state index in [0.717, 1.165) is 5.56 Å². The van der Waals surface area contributed by atoms with E-state index < -0.39 is 30.2 Å². The molecule has 0 saturated carbocycles. The third kappa shape index (κ3) is 2.99. The lowest BCUT2D eigenvalue weighted by Crippen LogP contribution is -2.41. The highest BCUT2D eigenvalue weighted by Crippen LogP contribution is 2.43. The van der Waals surface area contributed by atoms with Crippen molar-refractivity contribution in [1.82, 2.24) is 0 Å². The van der Waals surface area contributed by atoms with Crippen LogP contribution in [0, 0.1) is 0 Å². The Kier molecular flexibility index (Phi) is 4.18. The topological polar surface area (TPSA) is 55.8 Å². The summed E-state index contributed by atoms with van der Waals surface area (Å²) in [6.45, 7) is 9.75. The first kappa shape index (κ1) is 16.1. The predicted molar refractivity (Wildman–Crippen MR) is 82.3 cm³/mol. The maximum Gasteiger partial charge on any atom is 0.462 e. The molecule has 21 heavy (non-hydrogen) atoms. The molecule has 5 heteroatoms.